The Morgan fingerprint density at radius 1 is 1.29 bits per heavy atom. The number of benzene rings is 1. The molecule has 2 rings (SSSR count). The van der Waals surface area contributed by atoms with Crippen LogP contribution in [0, 0.1) is 0 Å². The van der Waals surface area contributed by atoms with Crippen LogP contribution in [-0.2, 0) is 11.2 Å². The van der Waals surface area contributed by atoms with Gasteiger partial charge in [0.2, 0.25) is 5.89 Å². The summed E-state index contributed by atoms with van der Waals surface area (Å²) in [5.41, 5.74) is 2.11. The van der Waals surface area contributed by atoms with Crippen molar-refractivity contribution in [1.82, 2.24) is 15.5 Å². The summed E-state index contributed by atoms with van der Waals surface area (Å²) in [7, 11) is 1.70. The zero-order valence-corrected chi connectivity index (χ0v) is 12.7. The number of ether oxygens (including phenoxy) is 1. The zero-order valence-electron chi connectivity index (χ0n) is 12.7. The maximum Gasteiger partial charge on any atom is 0.320 e. The fraction of sp³-hybridized carbons (Fsp3) is 0.467. The van der Waals surface area contributed by atoms with Crippen molar-refractivity contribution in [2.45, 2.75) is 26.3 Å². The quantitative estimate of drug-likeness (QED) is 0.779. The highest BCUT2D eigenvalue weighted by molar-refractivity contribution is 5.57. The molecule has 0 aliphatic heterocycles. The Labute approximate surface area is 124 Å². The van der Waals surface area contributed by atoms with Crippen LogP contribution in [-0.4, -0.2) is 30.5 Å². The van der Waals surface area contributed by atoms with E-state index in [1.165, 1.54) is 0 Å². The van der Waals surface area contributed by atoms with Gasteiger partial charge in [0.1, 0.15) is 0 Å². The van der Waals surface area contributed by atoms with Gasteiger partial charge in [0, 0.05) is 12.8 Å². The van der Waals surface area contributed by atoms with Crippen molar-refractivity contribution in [3.63, 3.8) is 0 Å². The van der Waals surface area contributed by atoms with Gasteiger partial charge in [-0.1, -0.05) is 30.2 Å². The van der Waals surface area contributed by atoms with Gasteiger partial charge in [-0.2, -0.15) is 0 Å². The molecule has 0 spiro atoms. The first-order chi connectivity index (χ1) is 10.2. The highest BCUT2D eigenvalue weighted by atomic mass is 16.5. The van der Waals surface area contributed by atoms with E-state index in [4.69, 9.17) is 9.15 Å². The lowest BCUT2D eigenvalue weighted by molar-refractivity contribution is 0.202. The number of rotatable bonds is 8. The average Bonchev–Trinajstić information content (AvgIpc) is 2.95. The molecule has 6 nitrogen and oxygen atoms in total. The molecule has 0 fully saturated rings. The van der Waals surface area contributed by atoms with Crippen LogP contribution in [0.3, 0.4) is 0 Å². The van der Waals surface area contributed by atoms with Gasteiger partial charge in [-0.15, -0.1) is 5.10 Å². The van der Waals surface area contributed by atoms with E-state index in [2.05, 4.69) is 26.9 Å². The van der Waals surface area contributed by atoms with E-state index in [-0.39, 0.29) is 6.04 Å². The first-order valence-corrected chi connectivity index (χ1v) is 7.15. The number of anilines is 2. The van der Waals surface area contributed by atoms with Gasteiger partial charge in [-0.25, -0.2) is 0 Å². The molecule has 21 heavy (non-hydrogen) atoms. The van der Waals surface area contributed by atoms with Crippen molar-refractivity contribution in [1.29, 1.82) is 0 Å². The molecule has 0 saturated heterocycles. The van der Waals surface area contributed by atoms with E-state index in [0.29, 0.717) is 18.5 Å². The van der Waals surface area contributed by atoms with Gasteiger partial charge in [0.05, 0.1) is 12.6 Å². The molecule has 2 N–H and O–H groups in total. The van der Waals surface area contributed by atoms with Crippen molar-refractivity contribution < 1.29 is 9.15 Å². The Hall–Kier alpha value is -1.92. The van der Waals surface area contributed by atoms with E-state index in [9.17, 15) is 0 Å². The second-order valence-corrected chi connectivity index (χ2v) is 4.75. The minimum absolute atomic E-state index is 0.0433. The van der Waals surface area contributed by atoms with Gasteiger partial charge >= 0.3 is 6.01 Å². The number of hydrogen-bond donors (Lipinski definition) is 2. The van der Waals surface area contributed by atoms with Crippen molar-refractivity contribution >= 4 is 11.7 Å². The predicted molar refractivity (Wildman–Crippen MR) is 81.7 cm³/mol. The SMILES string of the molecule is CCNC(C)c1nnc(Nc2ccccc2CCOC)o1. The largest absolute Gasteiger partial charge is 0.406 e. The van der Waals surface area contributed by atoms with Crippen LogP contribution >= 0.6 is 0 Å². The highest BCUT2D eigenvalue weighted by Crippen LogP contribution is 2.22. The number of aromatic nitrogens is 2. The Bertz CT molecular complexity index is 556. The summed E-state index contributed by atoms with van der Waals surface area (Å²) in [5.74, 6) is 0.578. The maximum absolute atomic E-state index is 5.63. The normalized spacial score (nSPS) is 12.3. The summed E-state index contributed by atoms with van der Waals surface area (Å²) in [5, 5.41) is 14.5. The Kier molecular flexibility index (Phi) is 5.71. The molecule has 2 aromatic rings. The minimum atomic E-state index is 0.0433. The summed E-state index contributed by atoms with van der Waals surface area (Å²) in [4.78, 5) is 0. The molecular weight excluding hydrogens is 268 g/mol. The predicted octanol–water partition coefficient (Wildman–Crippen LogP) is 2.67. The van der Waals surface area contributed by atoms with Crippen LogP contribution in [0.25, 0.3) is 0 Å². The van der Waals surface area contributed by atoms with Crippen LogP contribution in [0.1, 0.15) is 31.3 Å². The molecule has 1 unspecified atom stereocenters. The Morgan fingerprint density at radius 2 is 2.10 bits per heavy atom. The molecule has 0 radical (unpaired) electrons. The third-order valence-corrected chi connectivity index (χ3v) is 3.16. The molecule has 1 atom stereocenters. The van der Waals surface area contributed by atoms with Gasteiger partial charge in [0.25, 0.3) is 0 Å². The number of nitrogens with one attached hydrogen (secondary N) is 2. The fourth-order valence-electron chi connectivity index (χ4n) is 2.04. The Balaban J connectivity index is 2.08. The van der Waals surface area contributed by atoms with Crippen molar-refractivity contribution in [2.75, 3.05) is 25.6 Å². The van der Waals surface area contributed by atoms with Gasteiger partial charge < -0.3 is 19.8 Å². The molecule has 1 aromatic heterocycles. The second-order valence-electron chi connectivity index (χ2n) is 4.75. The lowest BCUT2D eigenvalue weighted by atomic mass is 10.1. The third kappa shape index (κ3) is 4.27. The number of methoxy groups -OCH3 is 1. The van der Waals surface area contributed by atoms with Crippen molar-refractivity contribution in [3.05, 3.63) is 35.7 Å². The molecule has 0 aliphatic carbocycles. The number of nitrogens with zero attached hydrogens (tertiary/aromatic N) is 2. The van der Waals surface area contributed by atoms with E-state index >= 15 is 0 Å². The first kappa shape index (κ1) is 15.5. The molecule has 0 amide bonds. The molecule has 1 heterocycles. The van der Waals surface area contributed by atoms with Gasteiger partial charge in [-0.05, 0) is 31.5 Å². The summed E-state index contributed by atoms with van der Waals surface area (Å²) in [6, 6.07) is 8.46. The smallest absolute Gasteiger partial charge is 0.320 e. The topological polar surface area (TPSA) is 72.2 Å². The van der Waals surface area contributed by atoms with Crippen LogP contribution in [0.2, 0.25) is 0 Å². The van der Waals surface area contributed by atoms with Crippen LogP contribution in [0.4, 0.5) is 11.7 Å². The third-order valence-electron chi connectivity index (χ3n) is 3.16. The number of hydrogen-bond acceptors (Lipinski definition) is 6. The molecular formula is C15H22N4O2. The van der Waals surface area contributed by atoms with Crippen LogP contribution < -0.4 is 10.6 Å². The Morgan fingerprint density at radius 3 is 2.86 bits per heavy atom. The lowest BCUT2D eigenvalue weighted by Crippen LogP contribution is -2.17. The molecule has 114 valence electrons. The zero-order chi connectivity index (χ0) is 15.1. The van der Waals surface area contributed by atoms with Crippen LogP contribution in [0.5, 0.6) is 0 Å². The fourth-order valence-corrected chi connectivity index (χ4v) is 2.04. The monoisotopic (exact) mass is 290 g/mol. The van der Waals surface area contributed by atoms with Gasteiger partial charge in [-0.3, -0.25) is 0 Å². The minimum Gasteiger partial charge on any atom is -0.406 e. The standard InChI is InChI=1S/C15H22N4O2/c1-4-16-11(2)14-18-19-15(21-14)17-13-8-6-5-7-12(13)9-10-20-3/h5-8,11,16H,4,9-10H2,1-3H3,(H,17,19). The molecule has 0 aliphatic rings. The average molecular weight is 290 g/mol. The van der Waals surface area contributed by atoms with Crippen molar-refractivity contribution in [3.8, 4) is 0 Å². The highest BCUT2D eigenvalue weighted by Gasteiger charge is 2.13. The van der Waals surface area contributed by atoms with E-state index in [0.717, 1.165) is 24.2 Å². The molecule has 0 bridgehead atoms. The lowest BCUT2D eigenvalue weighted by Gasteiger charge is -2.09. The maximum atomic E-state index is 5.63. The van der Waals surface area contributed by atoms with Crippen molar-refractivity contribution in [2.24, 2.45) is 0 Å². The first-order valence-electron chi connectivity index (χ1n) is 7.15. The molecule has 6 heteroatoms. The number of para-hydroxylation sites is 1. The molecule has 0 saturated carbocycles. The summed E-state index contributed by atoms with van der Waals surface area (Å²) < 4.78 is 10.8. The van der Waals surface area contributed by atoms with E-state index in [1.54, 1.807) is 7.11 Å². The second kappa shape index (κ2) is 7.75. The van der Waals surface area contributed by atoms with E-state index in [1.807, 2.05) is 32.0 Å². The summed E-state index contributed by atoms with van der Waals surface area (Å²) in [6.45, 7) is 5.56. The van der Waals surface area contributed by atoms with E-state index < -0.39 is 0 Å². The van der Waals surface area contributed by atoms with Gasteiger partial charge in [0.15, 0.2) is 0 Å². The summed E-state index contributed by atoms with van der Waals surface area (Å²) in [6.07, 6.45) is 0.828. The van der Waals surface area contributed by atoms with Crippen LogP contribution in [0.15, 0.2) is 28.7 Å². The molecule has 1 aromatic carbocycles. The summed E-state index contributed by atoms with van der Waals surface area (Å²) >= 11 is 0.